The standard InChI is InChI=1S/C31H46O9/c1-23(13-14-24(32)19-28(33)34)31(16-15-26(20-31)39-29-11-5-7-17-35-29)38-22-27(40-30-12-6-8-18-36-30)21-37-25-9-3-2-4-10-25/h2-4,9-10,23,26-27,29-30H,5-8,11-22H2,1H3,(H,33,34). The molecule has 0 amide bonds. The molecule has 0 spiro atoms. The summed E-state index contributed by atoms with van der Waals surface area (Å²) in [5.74, 6) is -0.563. The molecule has 1 aromatic carbocycles. The molecule has 0 bridgehead atoms. The average molecular weight is 563 g/mol. The van der Waals surface area contributed by atoms with Gasteiger partial charge in [0.25, 0.3) is 0 Å². The first-order chi connectivity index (χ1) is 19.4. The molecular formula is C31H46O9. The van der Waals surface area contributed by atoms with Gasteiger partial charge in [-0.15, -0.1) is 0 Å². The van der Waals surface area contributed by atoms with Gasteiger partial charge in [-0.1, -0.05) is 25.1 Å². The highest BCUT2D eigenvalue weighted by Gasteiger charge is 2.46. The molecule has 0 aromatic heterocycles. The molecule has 9 heteroatoms. The molecule has 9 nitrogen and oxygen atoms in total. The lowest BCUT2D eigenvalue weighted by atomic mass is 9.83. The van der Waals surface area contributed by atoms with Gasteiger partial charge >= 0.3 is 5.97 Å². The molecular weight excluding hydrogens is 516 g/mol. The van der Waals surface area contributed by atoms with Crippen LogP contribution in [0.25, 0.3) is 0 Å². The molecule has 0 radical (unpaired) electrons. The van der Waals surface area contributed by atoms with Crippen molar-refractivity contribution in [2.45, 2.75) is 114 Å². The Morgan fingerprint density at radius 1 is 1.00 bits per heavy atom. The summed E-state index contributed by atoms with van der Waals surface area (Å²) in [7, 11) is 0. The molecule has 4 rings (SSSR count). The lowest BCUT2D eigenvalue weighted by molar-refractivity contribution is -0.219. The van der Waals surface area contributed by atoms with Gasteiger partial charge < -0.3 is 33.5 Å². The number of Topliss-reactive ketones (excluding diaryl/α,β-unsaturated/α-hetero) is 1. The number of benzene rings is 1. The third-order valence-corrected chi connectivity index (χ3v) is 8.27. The van der Waals surface area contributed by atoms with Crippen molar-refractivity contribution in [1.29, 1.82) is 0 Å². The summed E-state index contributed by atoms with van der Waals surface area (Å²) in [4.78, 5) is 23.2. The number of ketones is 1. The Morgan fingerprint density at radius 3 is 2.40 bits per heavy atom. The van der Waals surface area contributed by atoms with E-state index in [0.29, 0.717) is 32.7 Å². The van der Waals surface area contributed by atoms with Crippen molar-refractivity contribution in [3.63, 3.8) is 0 Å². The van der Waals surface area contributed by atoms with E-state index in [0.717, 1.165) is 63.7 Å². The van der Waals surface area contributed by atoms with E-state index in [2.05, 4.69) is 6.92 Å². The van der Waals surface area contributed by atoms with Gasteiger partial charge in [0.15, 0.2) is 12.6 Å². The molecule has 40 heavy (non-hydrogen) atoms. The largest absolute Gasteiger partial charge is 0.491 e. The number of aliphatic carboxylic acids is 1. The number of hydrogen-bond donors (Lipinski definition) is 1. The number of carbonyl (C=O) groups excluding carboxylic acids is 1. The molecule has 1 aliphatic carbocycles. The fourth-order valence-electron chi connectivity index (χ4n) is 5.89. The van der Waals surface area contributed by atoms with Crippen LogP contribution >= 0.6 is 0 Å². The van der Waals surface area contributed by atoms with Crippen LogP contribution < -0.4 is 4.74 Å². The molecule has 1 N–H and O–H groups in total. The minimum absolute atomic E-state index is 0.00175. The van der Waals surface area contributed by atoms with E-state index in [1.165, 1.54) is 0 Å². The number of ether oxygens (including phenoxy) is 6. The minimum Gasteiger partial charge on any atom is -0.491 e. The Labute approximate surface area is 237 Å². The summed E-state index contributed by atoms with van der Waals surface area (Å²) in [6.07, 6.45) is 7.82. The Balaban J connectivity index is 1.41. The fraction of sp³-hybridized carbons (Fsp3) is 0.742. The normalized spacial score (nSPS) is 28.6. The minimum atomic E-state index is -1.09. The summed E-state index contributed by atoms with van der Waals surface area (Å²) < 4.78 is 37.2. The van der Waals surface area contributed by atoms with Gasteiger partial charge in [-0.3, -0.25) is 9.59 Å². The van der Waals surface area contributed by atoms with E-state index >= 15 is 0 Å². The van der Waals surface area contributed by atoms with Crippen LogP contribution in [-0.4, -0.2) is 73.7 Å². The molecule has 1 aromatic rings. The van der Waals surface area contributed by atoms with Crippen molar-refractivity contribution >= 4 is 11.8 Å². The van der Waals surface area contributed by atoms with Gasteiger partial charge in [0, 0.05) is 26.1 Å². The third-order valence-electron chi connectivity index (χ3n) is 8.27. The Bertz CT molecular complexity index is 897. The first kappa shape index (κ1) is 30.9. The molecule has 6 atom stereocenters. The summed E-state index contributed by atoms with van der Waals surface area (Å²) in [6, 6.07) is 9.65. The quantitative estimate of drug-likeness (QED) is 0.269. The van der Waals surface area contributed by atoms with Crippen molar-refractivity contribution in [2.75, 3.05) is 26.4 Å². The first-order valence-corrected chi connectivity index (χ1v) is 15.0. The predicted octanol–water partition coefficient (Wildman–Crippen LogP) is 5.29. The second-order valence-corrected chi connectivity index (χ2v) is 11.4. The number of rotatable bonds is 16. The van der Waals surface area contributed by atoms with Crippen LogP contribution in [0, 0.1) is 5.92 Å². The van der Waals surface area contributed by atoms with Gasteiger partial charge in [0.1, 0.15) is 30.7 Å². The van der Waals surface area contributed by atoms with Crippen molar-refractivity contribution in [1.82, 2.24) is 0 Å². The molecule has 224 valence electrons. The average Bonchev–Trinajstić information content (AvgIpc) is 3.38. The zero-order chi connectivity index (χ0) is 28.2. The van der Waals surface area contributed by atoms with Crippen LogP contribution in [0.4, 0.5) is 0 Å². The smallest absolute Gasteiger partial charge is 0.310 e. The van der Waals surface area contributed by atoms with Gasteiger partial charge in [0.05, 0.1) is 18.3 Å². The third kappa shape index (κ3) is 9.80. The van der Waals surface area contributed by atoms with Crippen LogP contribution in [0.1, 0.15) is 84.0 Å². The maximum absolute atomic E-state index is 12.2. The summed E-state index contributed by atoms with van der Waals surface area (Å²) in [6.45, 7) is 4.14. The first-order valence-electron chi connectivity index (χ1n) is 15.0. The Morgan fingerprint density at radius 2 is 1.73 bits per heavy atom. The summed E-state index contributed by atoms with van der Waals surface area (Å²) in [5.41, 5.74) is -0.523. The van der Waals surface area contributed by atoms with Crippen molar-refractivity contribution < 1.29 is 43.1 Å². The van der Waals surface area contributed by atoms with E-state index in [1.54, 1.807) is 0 Å². The molecule has 2 heterocycles. The van der Waals surface area contributed by atoms with Gasteiger partial charge in [0.2, 0.25) is 0 Å². The van der Waals surface area contributed by atoms with Crippen LogP contribution in [0.2, 0.25) is 0 Å². The lowest BCUT2D eigenvalue weighted by Gasteiger charge is -2.38. The van der Waals surface area contributed by atoms with Crippen LogP contribution in [-0.2, 0) is 33.3 Å². The maximum Gasteiger partial charge on any atom is 0.310 e. The molecule has 6 unspecified atom stereocenters. The SMILES string of the molecule is CC(CCC(=O)CC(=O)O)C1(OCC(COc2ccccc2)OC2CCCCO2)CCC(OC2CCCCO2)C1. The van der Waals surface area contributed by atoms with E-state index in [-0.39, 0.29) is 42.9 Å². The summed E-state index contributed by atoms with van der Waals surface area (Å²) in [5, 5.41) is 9.00. The van der Waals surface area contributed by atoms with E-state index < -0.39 is 18.0 Å². The Hall–Kier alpha value is -2.04. The highest BCUT2D eigenvalue weighted by molar-refractivity contribution is 5.94. The topological polar surface area (TPSA) is 110 Å². The number of carboxylic acid groups (broad SMARTS) is 1. The second-order valence-electron chi connectivity index (χ2n) is 11.4. The number of hydrogen-bond acceptors (Lipinski definition) is 8. The maximum atomic E-state index is 12.2. The van der Waals surface area contributed by atoms with Crippen molar-refractivity contribution in [3.05, 3.63) is 30.3 Å². The fourth-order valence-corrected chi connectivity index (χ4v) is 5.89. The molecule has 2 saturated heterocycles. The molecule has 1 saturated carbocycles. The van der Waals surface area contributed by atoms with Crippen LogP contribution in [0.15, 0.2) is 30.3 Å². The molecule has 3 aliphatic rings. The molecule has 2 aliphatic heterocycles. The number of carboxylic acids is 1. The summed E-state index contributed by atoms with van der Waals surface area (Å²) >= 11 is 0. The van der Waals surface area contributed by atoms with E-state index in [1.807, 2.05) is 30.3 Å². The van der Waals surface area contributed by atoms with Crippen molar-refractivity contribution in [3.8, 4) is 5.75 Å². The highest BCUT2D eigenvalue weighted by Crippen LogP contribution is 2.43. The monoisotopic (exact) mass is 562 g/mol. The van der Waals surface area contributed by atoms with E-state index in [9.17, 15) is 9.59 Å². The van der Waals surface area contributed by atoms with Crippen molar-refractivity contribution in [2.24, 2.45) is 5.92 Å². The lowest BCUT2D eigenvalue weighted by Crippen LogP contribution is -2.43. The zero-order valence-corrected chi connectivity index (χ0v) is 23.8. The molecule has 3 fully saturated rings. The van der Waals surface area contributed by atoms with Gasteiger partial charge in [-0.2, -0.15) is 0 Å². The highest BCUT2D eigenvalue weighted by atomic mass is 16.7. The van der Waals surface area contributed by atoms with Crippen LogP contribution in [0.3, 0.4) is 0 Å². The number of para-hydroxylation sites is 1. The zero-order valence-electron chi connectivity index (χ0n) is 23.8. The van der Waals surface area contributed by atoms with Crippen LogP contribution in [0.5, 0.6) is 5.75 Å². The Kier molecular flexibility index (Phi) is 12.2. The second kappa shape index (κ2) is 15.8. The van der Waals surface area contributed by atoms with Gasteiger partial charge in [-0.05, 0) is 75.8 Å². The predicted molar refractivity (Wildman–Crippen MR) is 147 cm³/mol. The number of carbonyl (C=O) groups is 2. The van der Waals surface area contributed by atoms with Gasteiger partial charge in [-0.25, -0.2) is 0 Å². The van der Waals surface area contributed by atoms with E-state index in [4.69, 9.17) is 33.5 Å².